The lowest BCUT2D eigenvalue weighted by molar-refractivity contribution is -0.134. The Morgan fingerprint density at radius 3 is 2.83 bits per heavy atom. The zero-order valence-corrected chi connectivity index (χ0v) is 14.5. The molecule has 0 N–H and O–H groups in total. The Kier molecular flexibility index (Phi) is 4.64. The average Bonchev–Trinajstić information content (AvgIpc) is 3.06. The minimum Gasteiger partial charge on any atom is -0.342 e. The average molecular weight is 328 g/mol. The van der Waals surface area contributed by atoms with E-state index in [0.717, 1.165) is 24.9 Å². The smallest absolute Gasteiger partial charge is 0.258 e. The molecule has 1 aliphatic heterocycles. The fraction of sp³-hybridized carbons (Fsp3) is 0.556. The Balaban J connectivity index is 1.78. The first kappa shape index (κ1) is 16.6. The van der Waals surface area contributed by atoms with Crippen LogP contribution in [0, 0.1) is 5.92 Å². The Bertz CT molecular complexity index is 698. The maximum atomic E-state index is 12.4. The summed E-state index contributed by atoms with van der Waals surface area (Å²) in [6.45, 7) is 7.72. The molecule has 2 aromatic heterocycles. The van der Waals surface area contributed by atoms with E-state index in [1.807, 2.05) is 17.0 Å². The van der Waals surface area contributed by atoms with Crippen molar-refractivity contribution in [3.05, 3.63) is 30.4 Å². The molecule has 0 bridgehead atoms. The summed E-state index contributed by atoms with van der Waals surface area (Å²) in [4.78, 5) is 22.9. The molecule has 6 nitrogen and oxygen atoms in total. The molecular weight excluding hydrogens is 304 g/mol. The van der Waals surface area contributed by atoms with Gasteiger partial charge in [-0.3, -0.25) is 9.78 Å². The van der Waals surface area contributed by atoms with E-state index in [0.29, 0.717) is 30.6 Å². The second kappa shape index (κ2) is 6.71. The molecule has 2 aromatic rings. The van der Waals surface area contributed by atoms with Crippen LogP contribution in [0.2, 0.25) is 0 Å². The highest BCUT2D eigenvalue weighted by atomic mass is 16.5. The normalized spacial score (nSPS) is 21.2. The molecule has 128 valence electrons. The van der Waals surface area contributed by atoms with Crippen molar-refractivity contribution < 1.29 is 9.32 Å². The molecule has 0 aliphatic carbocycles. The standard InChI is InChI=1S/C18H24N4O2/c1-13(2)11-15(23)22-10-4-7-18(3,12-22)17-20-16(24-21-17)14-5-8-19-9-6-14/h5-6,8-9,13H,4,7,10-12H2,1-3H3. The van der Waals surface area contributed by atoms with E-state index in [4.69, 9.17) is 4.52 Å². The van der Waals surface area contributed by atoms with Crippen LogP contribution in [0.5, 0.6) is 0 Å². The number of carbonyl (C=O) groups is 1. The molecule has 1 aliphatic rings. The summed E-state index contributed by atoms with van der Waals surface area (Å²) in [5, 5.41) is 4.20. The van der Waals surface area contributed by atoms with Crippen molar-refractivity contribution in [1.82, 2.24) is 20.0 Å². The van der Waals surface area contributed by atoms with Gasteiger partial charge in [0, 0.05) is 42.9 Å². The third-order valence-corrected chi connectivity index (χ3v) is 4.53. The first-order valence-electron chi connectivity index (χ1n) is 8.50. The number of amides is 1. The van der Waals surface area contributed by atoms with Gasteiger partial charge in [-0.05, 0) is 30.9 Å². The van der Waals surface area contributed by atoms with E-state index >= 15 is 0 Å². The molecule has 3 heterocycles. The molecule has 1 amide bonds. The monoisotopic (exact) mass is 328 g/mol. The van der Waals surface area contributed by atoms with Gasteiger partial charge in [0.1, 0.15) is 0 Å². The summed E-state index contributed by atoms with van der Waals surface area (Å²) in [5.74, 6) is 1.76. The van der Waals surface area contributed by atoms with Crippen molar-refractivity contribution in [3.63, 3.8) is 0 Å². The summed E-state index contributed by atoms with van der Waals surface area (Å²) in [7, 11) is 0. The summed E-state index contributed by atoms with van der Waals surface area (Å²) in [5.41, 5.74) is 0.593. The number of carbonyl (C=O) groups excluding carboxylic acids is 1. The molecule has 1 unspecified atom stereocenters. The van der Waals surface area contributed by atoms with Crippen molar-refractivity contribution in [2.75, 3.05) is 13.1 Å². The van der Waals surface area contributed by atoms with E-state index < -0.39 is 0 Å². The second-order valence-electron chi connectivity index (χ2n) is 7.24. The molecule has 1 atom stereocenters. The van der Waals surface area contributed by atoms with E-state index in [1.54, 1.807) is 12.4 Å². The lowest BCUT2D eigenvalue weighted by atomic mass is 9.81. The zero-order chi connectivity index (χ0) is 17.2. The summed E-state index contributed by atoms with van der Waals surface area (Å²) in [6.07, 6.45) is 5.90. The predicted molar refractivity (Wildman–Crippen MR) is 90.2 cm³/mol. The molecule has 24 heavy (non-hydrogen) atoms. The molecule has 1 fully saturated rings. The number of piperidine rings is 1. The molecule has 0 aromatic carbocycles. The quantitative estimate of drug-likeness (QED) is 0.862. The number of likely N-dealkylation sites (tertiary alicyclic amines) is 1. The molecule has 3 rings (SSSR count). The molecule has 0 spiro atoms. The predicted octanol–water partition coefficient (Wildman–Crippen LogP) is 3.06. The van der Waals surface area contributed by atoms with Gasteiger partial charge < -0.3 is 9.42 Å². The summed E-state index contributed by atoms with van der Waals surface area (Å²) >= 11 is 0. The SMILES string of the molecule is CC(C)CC(=O)N1CCCC(C)(c2noc(-c3ccncc3)n2)C1. The number of hydrogen-bond acceptors (Lipinski definition) is 5. The van der Waals surface area contributed by atoms with Gasteiger partial charge in [0.15, 0.2) is 5.82 Å². The largest absolute Gasteiger partial charge is 0.342 e. The van der Waals surface area contributed by atoms with Gasteiger partial charge in [-0.15, -0.1) is 0 Å². The van der Waals surface area contributed by atoms with Gasteiger partial charge in [-0.2, -0.15) is 4.98 Å². The van der Waals surface area contributed by atoms with Crippen molar-refractivity contribution in [2.45, 2.75) is 45.4 Å². The molecule has 6 heteroatoms. The highest BCUT2D eigenvalue weighted by Gasteiger charge is 2.38. The minimum absolute atomic E-state index is 0.216. The molecule has 0 radical (unpaired) electrons. The highest BCUT2D eigenvalue weighted by molar-refractivity contribution is 5.76. The van der Waals surface area contributed by atoms with Gasteiger partial charge in [0.2, 0.25) is 5.91 Å². The first-order valence-corrected chi connectivity index (χ1v) is 8.50. The lowest BCUT2D eigenvalue weighted by Gasteiger charge is -2.38. The number of rotatable bonds is 4. The molecule has 0 saturated carbocycles. The Morgan fingerprint density at radius 2 is 2.12 bits per heavy atom. The van der Waals surface area contributed by atoms with Crippen LogP contribution in [-0.4, -0.2) is 39.0 Å². The Labute approximate surface area is 142 Å². The van der Waals surface area contributed by atoms with Gasteiger partial charge >= 0.3 is 0 Å². The molecule has 1 saturated heterocycles. The molecular formula is C18H24N4O2. The van der Waals surface area contributed by atoms with Crippen LogP contribution in [-0.2, 0) is 10.2 Å². The third-order valence-electron chi connectivity index (χ3n) is 4.53. The van der Waals surface area contributed by atoms with Crippen LogP contribution in [0.15, 0.2) is 29.0 Å². The van der Waals surface area contributed by atoms with Crippen molar-refractivity contribution in [2.24, 2.45) is 5.92 Å². The van der Waals surface area contributed by atoms with Crippen LogP contribution >= 0.6 is 0 Å². The van der Waals surface area contributed by atoms with Gasteiger partial charge in [-0.1, -0.05) is 25.9 Å². The van der Waals surface area contributed by atoms with E-state index in [2.05, 4.69) is 35.9 Å². The van der Waals surface area contributed by atoms with E-state index in [-0.39, 0.29) is 11.3 Å². The maximum absolute atomic E-state index is 12.4. The van der Waals surface area contributed by atoms with Gasteiger partial charge in [-0.25, -0.2) is 0 Å². The second-order valence-corrected chi connectivity index (χ2v) is 7.24. The summed E-state index contributed by atoms with van der Waals surface area (Å²) in [6, 6.07) is 3.69. The minimum atomic E-state index is -0.264. The fourth-order valence-corrected chi connectivity index (χ4v) is 3.19. The van der Waals surface area contributed by atoms with Crippen LogP contribution in [0.25, 0.3) is 11.5 Å². The Morgan fingerprint density at radius 1 is 1.38 bits per heavy atom. The zero-order valence-electron chi connectivity index (χ0n) is 14.5. The summed E-state index contributed by atoms with van der Waals surface area (Å²) < 4.78 is 5.44. The van der Waals surface area contributed by atoms with Crippen molar-refractivity contribution in [3.8, 4) is 11.5 Å². The van der Waals surface area contributed by atoms with E-state index in [9.17, 15) is 4.79 Å². The van der Waals surface area contributed by atoms with Crippen LogP contribution in [0.4, 0.5) is 0 Å². The first-order chi connectivity index (χ1) is 11.5. The maximum Gasteiger partial charge on any atom is 0.258 e. The number of aromatic nitrogens is 3. The van der Waals surface area contributed by atoms with Gasteiger partial charge in [0.05, 0.1) is 0 Å². The highest BCUT2D eigenvalue weighted by Crippen LogP contribution is 2.33. The fourth-order valence-electron chi connectivity index (χ4n) is 3.19. The van der Waals surface area contributed by atoms with Gasteiger partial charge in [0.25, 0.3) is 5.89 Å². The van der Waals surface area contributed by atoms with E-state index in [1.165, 1.54) is 0 Å². The van der Waals surface area contributed by atoms with Crippen LogP contribution in [0.3, 0.4) is 0 Å². The van der Waals surface area contributed by atoms with Crippen LogP contribution < -0.4 is 0 Å². The lowest BCUT2D eigenvalue weighted by Crippen LogP contribution is -2.47. The number of pyridine rings is 1. The van der Waals surface area contributed by atoms with Crippen molar-refractivity contribution in [1.29, 1.82) is 0 Å². The Hall–Kier alpha value is -2.24. The van der Waals surface area contributed by atoms with Crippen LogP contribution in [0.1, 0.15) is 45.9 Å². The number of nitrogens with zero attached hydrogens (tertiary/aromatic N) is 4. The topological polar surface area (TPSA) is 72.1 Å². The number of hydrogen-bond donors (Lipinski definition) is 0. The van der Waals surface area contributed by atoms with Crippen molar-refractivity contribution >= 4 is 5.91 Å². The third kappa shape index (κ3) is 3.47.